The molecule has 2 fully saturated rings. The number of carbonyl (C=O) groups is 1. The molecule has 0 saturated carbocycles. The van der Waals surface area contributed by atoms with Gasteiger partial charge in [0.1, 0.15) is 5.82 Å². The Balaban J connectivity index is 0.00000181. The van der Waals surface area contributed by atoms with Gasteiger partial charge in [0.2, 0.25) is 0 Å². The second-order valence-corrected chi connectivity index (χ2v) is 10.2. The van der Waals surface area contributed by atoms with Crippen molar-refractivity contribution in [3.8, 4) is 0 Å². The Labute approximate surface area is 234 Å². The number of piperidine rings is 1. The number of anilines is 3. The first kappa shape index (κ1) is 29.5. The Kier molecular flexibility index (Phi) is 9.76. The van der Waals surface area contributed by atoms with Crippen molar-refractivity contribution in [2.45, 2.75) is 58.4 Å². The summed E-state index contributed by atoms with van der Waals surface area (Å²) < 4.78 is 46.6. The highest BCUT2D eigenvalue weighted by Crippen LogP contribution is 2.32. The highest BCUT2D eigenvalue weighted by Gasteiger charge is 2.47. The van der Waals surface area contributed by atoms with Gasteiger partial charge in [-0.1, -0.05) is 39.0 Å². The van der Waals surface area contributed by atoms with Crippen LogP contribution in [0.4, 0.5) is 30.4 Å². The molecule has 4 heterocycles. The third-order valence-corrected chi connectivity index (χ3v) is 7.29. The summed E-state index contributed by atoms with van der Waals surface area (Å²) in [5.74, 6) is 0.470. The Morgan fingerprint density at radius 2 is 1.68 bits per heavy atom. The van der Waals surface area contributed by atoms with Gasteiger partial charge in [0.15, 0.2) is 12.1 Å². The van der Waals surface area contributed by atoms with Gasteiger partial charge < -0.3 is 24.8 Å². The number of likely N-dealkylation sites (tertiary alicyclic amines) is 1. The molecule has 0 bridgehead atoms. The molecule has 3 aliphatic rings. The molecular weight excluding hydrogens is 521 g/mol. The molecule has 1 aromatic carbocycles. The van der Waals surface area contributed by atoms with Crippen LogP contribution in [0.3, 0.4) is 0 Å². The first-order valence-electron chi connectivity index (χ1n) is 14.1. The van der Waals surface area contributed by atoms with Gasteiger partial charge in [-0.3, -0.25) is 4.79 Å². The maximum atomic E-state index is 13.6. The van der Waals surface area contributed by atoms with Crippen molar-refractivity contribution in [2.24, 2.45) is 10.9 Å². The van der Waals surface area contributed by atoms with Gasteiger partial charge in [-0.25, -0.2) is 9.98 Å². The smallest absolute Gasteiger partial charge is 0.411 e. The first-order chi connectivity index (χ1) is 19.3. The number of aliphatic imine (C=N–C) groups is 1. The third kappa shape index (κ3) is 7.37. The van der Waals surface area contributed by atoms with E-state index in [2.05, 4.69) is 37.2 Å². The molecule has 3 unspecified atom stereocenters. The lowest BCUT2D eigenvalue weighted by molar-refractivity contribution is -0.159. The van der Waals surface area contributed by atoms with Gasteiger partial charge in [-0.05, 0) is 43.0 Å². The molecule has 40 heavy (non-hydrogen) atoms. The van der Waals surface area contributed by atoms with Gasteiger partial charge in [0.05, 0.1) is 11.9 Å². The van der Waals surface area contributed by atoms with Crippen LogP contribution in [0.5, 0.6) is 0 Å². The number of ether oxygens (including phenoxy) is 1. The number of para-hydroxylation sites is 1. The second-order valence-electron chi connectivity index (χ2n) is 10.2. The van der Waals surface area contributed by atoms with Crippen LogP contribution in [0.25, 0.3) is 0 Å². The Morgan fingerprint density at radius 3 is 2.30 bits per heavy atom. The monoisotopic (exact) mass is 560 g/mol. The van der Waals surface area contributed by atoms with E-state index >= 15 is 0 Å². The van der Waals surface area contributed by atoms with Crippen molar-refractivity contribution in [1.29, 1.82) is 0 Å². The number of carbonyl (C=O) groups excluding carboxylic acids is 1. The molecule has 5 rings (SSSR count). The average Bonchev–Trinajstić information content (AvgIpc) is 2.98. The number of pyridine rings is 1. The predicted molar refractivity (Wildman–Crippen MR) is 152 cm³/mol. The number of nitrogens with one attached hydrogen (secondary N) is 1. The fraction of sp³-hybridized carbons (Fsp3) is 0.552. The summed E-state index contributed by atoms with van der Waals surface area (Å²) in [7, 11) is 0. The zero-order valence-corrected chi connectivity index (χ0v) is 23.4. The van der Waals surface area contributed by atoms with E-state index in [0.717, 1.165) is 44.8 Å². The van der Waals surface area contributed by atoms with Crippen LogP contribution in [0.2, 0.25) is 0 Å². The van der Waals surface area contributed by atoms with Crippen molar-refractivity contribution in [1.82, 2.24) is 9.88 Å². The predicted octanol–water partition coefficient (Wildman–Crippen LogP) is 5.18. The van der Waals surface area contributed by atoms with Crippen molar-refractivity contribution in [2.75, 3.05) is 54.4 Å². The summed E-state index contributed by atoms with van der Waals surface area (Å²) in [6.45, 7) is 10.5. The van der Waals surface area contributed by atoms with E-state index in [9.17, 15) is 18.0 Å². The molecule has 218 valence electrons. The van der Waals surface area contributed by atoms with Crippen molar-refractivity contribution in [3.05, 3.63) is 48.7 Å². The van der Waals surface area contributed by atoms with Gasteiger partial charge in [-0.2, -0.15) is 13.2 Å². The Morgan fingerprint density at radius 1 is 0.975 bits per heavy atom. The normalized spacial score (nSPS) is 23.4. The molecule has 2 aromatic rings. The summed E-state index contributed by atoms with van der Waals surface area (Å²) in [6.07, 6.45) is -3.03. The molecule has 1 aromatic heterocycles. The molecule has 1 amide bonds. The van der Waals surface area contributed by atoms with Crippen LogP contribution in [0, 0.1) is 5.92 Å². The number of halogens is 3. The first-order valence-corrected chi connectivity index (χ1v) is 14.1. The number of alkyl halides is 3. The maximum absolute atomic E-state index is 13.6. The van der Waals surface area contributed by atoms with Crippen molar-refractivity contribution in [3.63, 3.8) is 0 Å². The molecule has 0 aliphatic carbocycles. The average molecular weight is 561 g/mol. The standard InChI is InChI=1S/C27H33F3N6O2.C2H6/c1-19-6-5-11-36(18-19)26-33-23(27(28,29)30)16-22(38-26)25(37)32-20-9-10-24(31-17-20)35-14-12-34(13-15-35)21-7-3-2-4-8-21;1-2/h2-4,7-10,17,19,22-23H,5-6,11-16,18H2,1H3,(H,32,37);1-2H3. The van der Waals surface area contributed by atoms with Crippen LogP contribution in [-0.2, 0) is 9.53 Å². The van der Waals surface area contributed by atoms with E-state index in [0.29, 0.717) is 24.7 Å². The minimum atomic E-state index is -4.55. The highest BCUT2D eigenvalue weighted by atomic mass is 19.4. The van der Waals surface area contributed by atoms with Crippen LogP contribution in [-0.4, -0.2) is 79.4 Å². The zero-order valence-electron chi connectivity index (χ0n) is 23.4. The lowest BCUT2D eigenvalue weighted by Gasteiger charge is -2.37. The van der Waals surface area contributed by atoms with E-state index < -0.39 is 30.7 Å². The summed E-state index contributed by atoms with van der Waals surface area (Å²) in [5.41, 5.74) is 1.60. The summed E-state index contributed by atoms with van der Waals surface area (Å²) in [6, 6.07) is 11.7. The Hall–Kier alpha value is -3.50. The molecule has 3 atom stereocenters. The van der Waals surface area contributed by atoms with E-state index in [1.165, 1.54) is 11.9 Å². The zero-order chi connectivity index (χ0) is 28.7. The quantitative estimate of drug-likeness (QED) is 0.556. The lowest BCUT2D eigenvalue weighted by Crippen LogP contribution is -2.50. The van der Waals surface area contributed by atoms with Gasteiger partial charge >= 0.3 is 6.18 Å². The number of nitrogens with zero attached hydrogens (tertiary/aromatic N) is 5. The fourth-order valence-electron chi connectivity index (χ4n) is 5.18. The summed E-state index contributed by atoms with van der Waals surface area (Å²) >= 11 is 0. The van der Waals surface area contributed by atoms with Gasteiger partial charge in [0, 0.05) is 51.4 Å². The van der Waals surface area contributed by atoms with E-state index in [-0.39, 0.29) is 6.02 Å². The Bertz CT molecular complexity index is 1120. The number of benzene rings is 1. The van der Waals surface area contributed by atoms with E-state index in [1.54, 1.807) is 11.0 Å². The molecule has 1 N–H and O–H groups in total. The fourth-order valence-corrected chi connectivity index (χ4v) is 5.18. The number of aromatic nitrogens is 1. The van der Waals surface area contributed by atoms with E-state index in [4.69, 9.17) is 4.74 Å². The number of piperazine rings is 1. The number of amides is 1. The SMILES string of the molecule is CC.CC1CCCN(C2=NC(C(F)(F)F)CC(C(=O)Nc3ccc(N4CCN(c5ccccc5)CC4)nc3)O2)C1. The number of rotatable bonds is 4. The summed E-state index contributed by atoms with van der Waals surface area (Å²) in [4.78, 5) is 27.5. The van der Waals surface area contributed by atoms with Crippen molar-refractivity contribution < 1.29 is 22.7 Å². The molecule has 2 saturated heterocycles. The topological polar surface area (TPSA) is 73.3 Å². The maximum Gasteiger partial charge on any atom is 0.411 e. The van der Waals surface area contributed by atoms with Crippen LogP contribution >= 0.6 is 0 Å². The minimum Gasteiger partial charge on any atom is -0.452 e. The molecule has 3 aliphatic heterocycles. The number of hydrogen-bond donors (Lipinski definition) is 1. The third-order valence-electron chi connectivity index (χ3n) is 7.29. The van der Waals surface area contributed by atoms with Gasteiger partial charge in [0.25, 0.3) is 11.9 Å². The minimum absolute atomic E-state index is 0.0895. The largest absolute Gasteiger partial charge is 0.452 e. The molecule has 8 nitrogen and oxygen atoms in total. The molecule has 0 radical (unpaired) electrons. The van der Waals surface area contributed by atoms with Crippen LogP contribution in [0.1, 0.15) is 40.0 Å². The second kappa shape index (κ2) is 13.2. The number of hydrogen-bond acceptors (Lipinski definition) is 7. The molecular formula is C29H39F3N6O2. The van der Waals surface area contributed by atoms with Crippen LogP contribution in [0.15, 0.2) is 53.7 Å². The van der Waals surface area contributed by atoms with Crippen molar-refractivity contribution >= 4 is 29.1 Å². The molecule has 0 spiro atoms. The van der Waals surface area contributed by atoms with Crippen LogP contribution < -0.4 is 15.1 Å². The van der Waals surface area contributed by atoms with Gasteiger partial charge in [-0.15, -0.1) is 0 Å². The number of amidine groups is 1. The molecule has 11 heteroatoms. The lowest BCUT2D eigenvalue weighted by atomic mass is 10.0. The summed E-state index contributed by atoms with van der Waals surface area (Å²) in [5, 5.41) is 2.68. The van der Waals surface area contributed by atoms with E-state index in [1.807, 2.05) is 45.0 Å². The highest BCUT2D eigenvalue weighted by molar-refractivity contribution is 5.96.